The lowest BCUT2D eigenvalue weighted by Gasteiger charge is -2.25. The van der Waals surface area contributed by atoms with Crippen molar-refractivity contribution >= 4 is 12.0 Å². The normalized spacial score (nSPS) is 14.9. The Labute approximate surface area is 136 Å². The van der Waals surface area contributed by atoms with E-state index in [1.807, 2.05) is 31.2 Å². The van der Waals surface area contributed by atoms with E-state index < -0.39 is 12.0 Å². The number of rotatable bonds is 8. The molecular weight excluding hydrogens is 296 g/mol. The Balaban J connectivity index is 2.10. The summed E-state index contributed by atoms with van der Waals surface area (Å²) in [6.07, 6.45) is 2.26. The van der Waals surface area contributed by atoms with Crippen LogP contribution in [0.3, 0.4) is 0 Å². The van der Waals surface area contributed by atoms with Crippen LogP contribution in [0.25, 0.3) is 0 Å². The molecule has 1 aromatic carbocycles. The number of nitrogens with zero attached hydrogens (tertiary/aromatic N) is 1. The quantitative estimate of drug-likeness (QED) is 0.772. The van der Waals surface area contributed by atoms with Crippen LogP contribution in [0.2, 0.25) is 0 Å². The van der Waals surface area contributed by atoms with Crippen LogP contribution in [0.4, 0.5) is 4.79 Å². The van der Waals surface area contributed by atoms with Crippen molar-refractivity contribution in [3.63, 3.8) is 0 Å². The number of hydrogen-bond donors (Lipinski definition) is 2. The molecule has 1 unspecified atom stereocenters. The molecule has 0 spiro atoms. The van der Waals surface area contributed by atoms with Crippen LogP contribution in [0.1, 0.15) is 38.7 Å². The third-order valence-electron chi connectivity index (χ3n) is 3.87. The minimum absolute atomic E-state index is 0.177. The Hall–Kier alpha value is -2.24. The highest BCUT2D eigenvalue weighted by molar-refractivity contribution is 5.82. The molecule has 0 heterocycles. The van der Waals surface area contributed by atoms with E-state index in [2.05, 4.69) is 5.32 Å². The molecule has 1 fully saturated rings. The molecule has 0 aliphatic heterocycles. The average molecular weight is 320 g/mol. The fraction of sp³-hybridized carbons (Fsp3) is 0.529. The van der Waals surface area contributed by atoms with Gasteiger partial charge < -0.3 is 20.1 Å². The van der Waals surface area contributed by atoms with Gasteiger partial charge >= 0.3 is 12.0 Å². The first kappa shape index (κ1) is 17.1. The number of amides is 2. The van der Waals surface area contributed by atoms with Gasteiger partial charge in [-0.3, -0.25) is 0 Å². The standard InChI is InChI=1S/C17H24N2O4/c1-3-14(16(20)21)18-17(22)19(13-9-10-13)11-12-7-5-6-8-15(12)23-4-2/h5-8,13-14H,3-4,9-11H2,1-2H3,(H,18,22)(H,20,21). The molecule has 1 atom stereocenters. The minimum atomic E-state index is -1.01. The van der Waals surface area contributed by atoms with Gasteiger partial charge in [-0.1, -0.05) is 25.1 Å². The molecule has 1 aromatic rings. The van der Waals surface area contributed by atoms with Gasteiger partial charge in [0.25, 0.3) is 0 Å². The maximum absolute atomic E-state index is 12.5. The number of nitrogens with one attached hydrogen (secondary N) is 1. The molecule has 6 nitrogen and oxygen atoms in total. The zero-order valence-electron chi connectivity index (χ0n) is 13.6. The van der Waals surface area contributed by atoms with Crippen LogP contribution in [-0.4, -0.2) is 40.7 Å². The van der Waals surface area contributed by atoms with Gasteiger partial charge in [-0.15, -0.1) is 0 Å². The molecule has 0 saturated heterocycles. The van der Waals surface area contributed by atoms with Gasteiger partial charge in [0.05, 0.1) is 13.2 Å². The van der Waals surface area contributed by atoms with Gasteiger partial charge in [0.1, 0.15) is 11.8 Å². The first-order valence-electron chi connectivity index (χ1n) is 8.07. The summed E-state index contributed by atoms with van der Waals surface area (Å²) in [7, 11) is 0. The van der Waals surface area contributed by atoms with Crippen molar-refractivity contribution < 1.29 is 19.4 Å². The summed E-state index contributed by atoms with van der Waals surface area (Å²) < 4.78 is 5.61. The van der Waals surface area contributed by atoms with E-state index in [1.165, 1.54) is 0 Å². The first-order chi connectivity index (χ1) is 11.1. The number of ether oxygens (including phenoxy) is 1. The smallest absolute Gasteiger partial charge is 0.326 e. The summed E-state index contributed by atoms with van der Waals surface area (Å²) in [5.74, 6) is -0.245. The predicted octanol–water partition coefficient (Wildman–Crippen LogP) is 2.62. The van der Waals surface area contributed by atoms with Crippen LogP contribution in [0.15, 0.2) is 24.3 Å². The molecule has 2 amide bonds. The molecule has 1 saturated carbocycles. The number of carbonyl (C=O) groups excluding carboxylic acids is 1. The fourth-order valence-corrected chi connectivity index (χ4v) is 2.44. The SMILES string of the molecule is CCOc1ccccc1CN(C(=O)NC(CC)C(=O)O)C1CC1. The predicted molar refractivity (Wildman–Crippen MR) is 86.4 cm³/mol. The van der Waals surface area contributed by atoms with E-state index in [-0.39, 0.29) is 12.1 Å². The molecule has 126 valence electrons. The van der Waals surface area contributed by atoms with Crippen LogP contribution in [0.5, 0.6) is 5.75 Å². The van der Waals surface area contributed by atoms with Crippen molar-refractivity contribution in [2.75, 3.05) is 6.61 Å². The topological polar surface area (TPSA) is 78.9 Å². The lowest BCUT2D eigenvalue weighted by Crippen LogP contribution is -2.48. The maximum Gasteiger partial charge on any atom is 0.326 e. The van der Waals surface area contributed by atoms with Crippen molar-refractivity contribution in [1.29, 1.82) is 0 Å². The Morgan fingerprint density at radius 1 is 1.35 bits per heavy atom. The summed E-state index contributed by atoms with van der Waals surface area (Å²) in [5.41, 5.74) is 0.930. The average Bonchev–Trinajstić information content (AvgIpc) is 3.36. The minimum Gasteiger partial charge on any atom is -0.494 e. The second-order valence-corrected chi connectivity index (χ2v) is 5.65. The van der Waals surface area contributed by atoms with Crippen molar-refractivity contribution in [1.82, 2.24) is 10.2 Å². The summed E-state index contributed by atoms with van der Waals surface area (Å²) in [6, 6.07) is 6.62. The van der Waals surface area contributed by atoms with Crippen LogP contribution in [-0.2, 0) is 11.3 Å². The molecule has 6 heteroatoms. The van der Waals surface area contributed by atoms with E-state index in [4.69, 9.17) is 9.84 Å². The van der Waals surface area contributed by atoms with E-state index in [9.17, 15) is 9.59 Å². The summed E-state index contributed by atoms with van der Waals surface area (Å²) in [6.45, 7) is 4.64. The molecule has 1 aliphatic rings. The molecule has 2 N–H and O–H groups in total. The first-order valence-corrected chi connectivity index (χ1v) is 8.07. The van der Waals surface area contributed by atoms with Gasteiger partial charge in [0.2, 0.25) is 0 Å². The van der Waals surface area contributed by atoms with Gasteiger partial charge in [-0.05, 0) is 32.3 Å². The van der Waals surface area contributed by atoms with E-state index >= 15 is 0 Å². The van der Waals surface area contributed by atoms with Crippen LogP contribution in [0, 0.1) is 0 Å². The van der Waals surface area contributed by atoms with E-state index in [1.54, 1.807) is 11.8 Å². The van der Waals surface area contributed by atoms with E-state index in [0.717, 1.165) is 24.2 Å². The number of carboxylic acids is 1. The lowest BCUT2D eigenvalue weighted by atomic mass is 10.2. The number of hydrogen-bond acceptors (Lipinski definition) is 3. The van der Waals surface area contributed by atoms with Crippen molar-refractivity contribution in [2.45, 2.75) is 51.7 Å². The summed E-state index contributed by atoms with van der Waals surface area (Å²) in [5, 5.41) is 11.7. The highest BCUT2D eigenvalue weighted by atomic mass is 16.5. The largest absolute Gasteiger partial charge is 0.494 e. The Morgan fingerprint density at radius 2 is 2.04 bits per heavy atom. The summed E-state index contributed by atoms with van der Waals surface area (Å²) >= 11 is 0. The molecule has 23 heavy (non-hydrogen) atoms. The van der Waals surface area contributed by atoms with Gasteiger partial charge in [-0.2, -0.15) is 0 Å². The second-order valence-electron chi connectivity index (χ2n) is 5.65. The Morgan fingerprint density at radius 3 is 2.61 bits per heavy atom. The number of urea groups is 1. The molecule has 2 rings (SSSR count). The Bertz CT molecular complexity index is 557. The zero-order valence-corrected chi connectivity index (χ0v) is 13.6. The summed E-state index contributed by atoms with van der Waals surface area (Å²) in [4.78, 5) is 25.3. The van der Waals surface area contributed by atoms with Gasteiger partial charge in [0, 0.05) is 11.6 Å². The number of carbonyl (C=O) groups is 2. The molecule has 0 bridgehead atoms. The third kappa shape index (κ3) is 4.61. The zero-order chi connectivity index (χ0) is 16.8. The maximum atomic E-state index is 12.5. The van der Waals surface area contributed by atoms with Gasteiger partial charge in [-0.25, -0.2) is 9.59 Å². The highest BCUT2D eigenvalue weighted by Gasteiger charge is 2.34. The Kier molecular flexibility index (Phi) is 5.84. The molecular formula is C17H24N2O4. The second kappa shape index (κ2) is 7.85. The molecule has 0 aromatic heterocycles. The number of carboxylic acid groups (broad SMARTS) is 1. The van der Waals surface area contributed by atoms with Crippen molar-refractivity contribution in [3.8, 4) is 5.75 Å². The van der Waals surface area contributed by atoms with Gasteiger partial charge in [0.15, 0.2) is 0 Å². The number of aliphatic carboxylic acids is 1. The van der Waals surface area contributed by atoms with Crippen LogP contribution < -0.4 is 10.1 Å². The number of benzene rings is 1. The third-order valence-corrected chi connectivity index (χ3v) is 3.87. The van der Waals surface area contributed by atoms with Crippen molar-refractivity contribution in [3.05, 3.63) is 29.8 Å². The van der Waals surface area contributed by atoms with Crippen LogP contribution >= 0.6 is 0 Å². The van der Waals surface area contributed by atoms with Crippen molar-refractivity contribution in [2.24, 2.45) is 0 Å². The monoisotopic (exact) mass is 320 g/mol. The van der Waals surface area contributed by atoms with E-state index in [0.29, 0.717) is 19.6 Å². The molecule has 0 radical (unpaired) electrons. The fourth-order valence-electron chi connectivity index (χ4n) is 2.44. The lowest BCUT2D eigenvalue weighted by molar-refractivity contribution is -0.139. The highest BCUT2D eigenvalue weighted by Crippen LogP contribution is 2.30. The number of para-hydroxylation sites is 1. The molecule has 1 aliphatic carbocycles.